The predicted octanol–water partition coefficient (Wildman–Crippen LogP) is 3.27. The van der Waals surface area contributed by atoms with Crippen LogP contribution in [0.3, 0.4) is 0 Å². The minimum absolute atomic E-state index is 0.352. The smallest absolute Gasteiger partial charge is 0.179 e. The minimum atomic E-state index is 0.352. The largest absolute Gasteiger partial charge is 0.486 e. The van der Waals surface area contributed by atoms with E-state index >= 15 is 0 Å². The molecule has 96 valence electrons. The number of pyridine rings is 1. The molecule has 3 rings (SSSR count). The maximum Gasteiger partial charge on any atom is 0.179 e. The highest BCUT2D eigenvalue weighted by Gasteiger charge is 2.08. The molecule has 0 atom stereocenters. The third-order valence-corrected chi connectivity index (χ3v) is 3.14. The van der Waals surface area contributed by atoms with Gasteiger partial charge in [-0.05, 0) is 31.2 Å². The van der Waals surface area contributed by atoms with Crippen molar-refractivity contribution in [1.29, 1.82) is 0 Å². The lowest BCUT2D eigenvalue weighted by Gasteiger charge is -2.05. The van der Waals surface area contributed by atoms with Gasteiger partial charge in [0.2, 0.25) is 0 Å². The Morgan fingerprint density at radius 3 is 2.74 bits per heavy atom. The number of fused-ring (bicyclic) bond motifs is 1. The highest BCUT2D eigenvalue weighted by molar-refractivity contribution is 6.33. The summed E-state index contributed by atoms with van der Waals surface area (Å²) in [5, 5.41) is 8.72. The maximum atomic E-state index is 6.04. The first-order valence-corrected chi connectivity index (χ1v) is 6.29. The van der Waals surface area contributed by atoms with Crippen molar-refractivity contribution in [3.05, 3.63) is 59.0 Å². The molecule has 2 aromatic heterocycles. The summed E-state index contributed by atoms with van der Waals surface area (Å²) in [5.41, 5.74) is 1.85. The Bertz CT molecular complexity index is 706. The van der Waals surface area contributed by atoms with Crippen molar-refractivity contribution in [3.63, 3.8) is 0 Å². The van der Waals surface area contributed by atoms with Crippen molar-refractivity contribution >= 4 is 17.2 Å². The Morgan fingerprint density at radius 2 is 1.95 bits per heavy atom. The van der Waals surface area contributed by atoms with E-state index in [1.807, 2.05) is 47.9 Å². The van der Waals surface area contributed by atoms with Crippen molar-refractivity contribution in [2.45, 2.75) is 13.5 Å². The fraction of sp³-hybridized carbons (Fsp3) is 0.143. The van der Waals surface area contributed by atoms with Gasteiger partial charge in [0, 0.05) is 6.20 Å². The van der Waals surface area contributed by atoms with Gasteiger partial charge >= 0.3 is 0 Å². The number of halogens is 1. The second-order valence-corrected chi connectivity index (χ2v) is 4.67. The normalized spacial score (nSPS) is 10.8. The molecule has 19 heavy (non-hydrogen) atoms. The molecule has 5 heteroatoms. The second-order valence-electron chi connectivity index (χ2n) is 4.27. The first-order valence-electron chi connectivity index (χ1n) is 5.91. The van der Waals surface area contributed by atoms with Crippen LogP contribution in [0.1, 0.15) is 11.4 Å². The lowest BCUT2D eigenvalue weighted by atomic mass is 10.2. The Morgan fingerprint density at radius 1 is 1.16 bits per heavy atom. The van der Waals surface area contributed by atoms with Gasteiger partial charge in [-0.25, -0.2) is 0 Å². The number of ether oxygens (including phenoxy) is 1. The summed E-state index contributed by atoms with van der Waals surface area (Å²) in [6, 6.07) is 11.5. The van der Waals surface area contributed by atoms with Gasteiger partial charge < -0.3 is 4.74 Å². The van der Waals surface area contributed by atoms with Crippen molar-refractivity contribution in [1.82, 2.24) is 14.6 Å². The molecule has 4 nitrogen and oxygen atoms in total. The van der Waals surface area contributed by atoms with E-state index in [0.29, 0.717) is 17.3 Å². The van der Waals surface area contributed by atoms with E-state index in [1.165, 1.54) is 5.56 Å². The van der Waals surface area contributed by atoms with Crippen LogP contribution in [-0.2, 0) is 6.61 Å². The fourth-order valence-corrected chi connectivity index (χ4v) is 2.01. The van der Waals surface area contributed by atoms with Crippen LogP contribution in [0.15, 0.2) is 42.6 Å². The molecule has 0 saturated heterocycles. The molecule has 1 aromatic carbocycles. The summed E-state index contributed by atoms with van der Waals surface area (Å²) in [5.74, 6) is 1.53. The van der Waals surface area contributed by atoms with E-state index in [1.54, 1.807) is 6.07 Å². The molecule has 0 aliphatic heterocycles. The van der Waals surface area contributed by atoms with Crippen LogP contribution in [0.25, 0.3) is 5.65 Å². The number of hydrogen-bond donors (Lipinski definition) is 0. The molecule has 3 aromatic rings. The molecule has 0 bridgehead atoms. The first-order chi connectivity index (χ1) is 9.24. The van der Waals surface area contributed by atoms with Crippen molar-refractivity contribution in [2.75, 3.05) is 0 Å². The van der Waals surface area contributed by atoms with Crippen molar-refractivity contribution in [2.24, 2.45) is 0 Å². The van der Waals surface area contributed by atoms with Gasteiger partial charge in [-0.2, -0.15) is 0 Å². The topological polar surface area (TPSA) is 39.4 Å². The number of aromatic nitrogens is 3. The Hall–Kier alpha value is -2.07. The molecule has 0 amide bonds. The maximum absolute atomic E-state index is 6.04. The van der Waals surface area contributed by atoms with Gasteiger partial charge in [-0.15, -0.1) is 10.2 Å². The summed E-state index contributed by atoms with van der Waals surface area (Å²) in [6.07, 6.45) is 1.87. The zero-order valence-corrected chi connectivity index (χ0v) is 11.1. The number of aryl methyl sites for hydroxylation is 1. The number of benzene rings is 1. The van der Waals surface area contributed by atoms with Gasteiger partial charge in [-0.3, -0.25) is 4.40 Å². The second kappa shape index (κ2) is 4.90. The van der Waals surface area contributed by atoms with Crippen LogP contribution in [0.5, 0.6) is 5.75 Å². The van der Waals surface area contributed by atoms with E-state index in [4.69, 9.17) is 16.3 Å². The van der Waals surface area contributed by atoms with E-state index in [-0.39, 0.29) is 0 Å². The fourth-order valence-electron chi connectivity index (χ4n) is 1.81. The molecule has 0 N–H and O–H groups in total. The summed E-state index contributed by atoms with van der Waals surface area (Å²) in [7, 11) is 0. The van der Waals surface area contributed by atoms with Gasteiger partial charge in [-0.1, -0.05) is 29.3 Å². The summed E-state index contributed by atoms with van der Waals surface area (Å²) in [6.45, 7) is 2.39. The van der Waals surface area contributed by atoms with Crippen LogP contribution in [0.2, 0.25) is 5.02 Å². The molecule has 2 heterocycles. The lowest BCUT2D eigenvalue weighted by Crippen LogP contribution is -2.01. The number of nitrogens with zero attached hydrogens (tertiary/aromatic N) is 3. The van der Waals surface area contributed by atoms with Crippen molar-refractivity contribution in [3.8, 4) is 5.75 Å². The summed E-state index contributed by atoms with van der Waals surface area (Å²) >= 11 is 6.04. The Kier molecular flexibility index (Phi) is 3.09. The molecule has 0 aliphatic carbocycles. The molecule has 0 radical (unpaired) electrons. The molecular formula is C14H12ClN3O. The first kappa shape index (κ1) is 12.0. The quantitative estimate of drug-likeness (QED) is 0.735. The average Bonchev–Trinajstić information content (AvgIpc) is 2.83. The Labute approximate surface area is 115 Å². The predicted molar refractivity (Wildman–Crippen MR) is 73.5 cm³/mol. The zero-order chi connectivity index (χ0) is 13.2. The third kappa shape index (κ3) is 2.39. The van der Waals surface area contributed by atoms with Crippen LogP contribution in [-0.4, -0.2) is 14.6 Å². The van der Waals surface area contributed by atoms with E-state index in [0.717, 1.165) is 11.6 Å². The van der Waals surface area contributed by atoms with E-state index in [2.05, 4.69) is 10.2 Å². The highest BCUT2D eigenvalue weighted by atomic mass is 35.5. The standard InChI is InChI=1S/C14H12ClN3O/c1-10-4-6-11(7-5-10)19-9-13-16-17-14-12(15)3-2-8-18(13)14/h2-8H,9H2,1H3. The monoisotopic (exact) mass is 273 g/mol. The summed E-state index contributed by atoms with van der Waals surface area (Å²) < 4.78 is 7.52. The van der Waals surface area contributed by atoms with Crippen LogP contribution < -0.4 is 4.74 Å². The zero-order valence-electron chi connectivity index (χ0n) is 10.4. The molecule has 0 unspecified atom stereocenters. The average molecular weight is 274 g/mol. The van der Waals surface area contributed by atoms with Gasteiger partial charge in [0.15, 0.2) is 11.5 Å². The third-order valence-electron chi connectivity index (χ3n) is 2.85. The van der Waals surface area contributed by atoms with Gasteiger partial charge in [0.1, 0.15) is 12.4 Å². The number of hydrogen-bond acceptors (Lipinski definition) is 3. The molecule has 0 fully saturated rings. The van der Waals surface area contributed by atoms with Crippen LogP contribution in [0, 0.1) is 6.92 Å². The Balaban J connectivity index is 1.82. The molecular weight excluding hydrogens is 262 g/mol. The lowest BCUT2D eigenvalue weighted by molar-refractivity contribution is 0.294. The van der Waals surface area contributed by atoms with Gasteiger partial charge in [0.05, 0.1) is 5.02 Å². The van der Waals surface area contributed by atoms with Crippen molar-refractivity contribution < 1.29 is 4.74 Å². The SMILES string of the molecule is Cc1ccc(OCc2nnc3c(Cl)cccn23)cc1. The van der Waals surface area contributed by atoms with Gasteiger partial charge in [0.25, 0.3) is 0 Å². The highest BCUT2D eigenvalue weighted by Crippen LogP contribution is 2.17. The number of rotatable bonds is 3. The molecule has 0 aliphatic rings. The van der Waals surface area contributed by atoms with E-state index in [9.17, 15) is 0 Å². The summed E-state index contributed by atoms with van der Waals surface area (Å²) in [4.78, 5) is 0. The van der Waals surface area contributed by atoms with Crippen LogP contribution in [0.4, 0.5) is 0 Å². The van der Waals surface area contributed by atoms with Crippen LogP contribution >= 0.6 is 11.6 Å². The molecule has 0 spiro atoms. The minimum Gasteiger partial charge on any atom is -0.486 e. The van der Waals surface area contributed by atoms with E-state index < -0.39 is 0 Å². The molecule has 0 saturated carbocycles.